The summed E-state index contributed by atoms with van der Waals surface area (Å²) >= 11 is 0. The van der Waals surface area contributed by atoms with E-state index in [1.807, 2.05) is 48.7 Å². The van der Waals surface area contributed by atoms with Gasteiger partial charge in [0.05, 0.1) is 21.3 Å². The summed E-state index contributed by atoms with van der Waals surface area (Å²) in [7, 11) is 4.79. The minimum absolute atomic E-state index is 0.175. The van der Waals surface area contributed by atoms with E-state index in [2.05, 4.69) is 5.32 Å². The molecule has 29 heavy (non-hydrogen) atoms. The monoisotopic (exact) mass is 394 g/mol. The van der Waals surface area contributed by atoms with E-state index in [0.29, 0.717) is 29.4 Å². The minimum atomic E-state index is -0.175. The first-order chi connectivity index (χ1) is 14.0. The van der Waals surface area contributed by atoms with Gasteiger partial charge >= 0.3 is 0 Å². The maximum absolute atomic E-state index is 13.1. The van der Waals surface area contributed by atoms with Gasteiger partial charge in [0.15, 0.2) is 11.5 Å². The first kappa shape index (κ1) is 20.3. The third-order valence-corrected chi connectivity index (χ3v) is 4.83. The van der Waals surface area contributed by atoms with Crippen molar-refractivity contribution < 1.29 is 19.0 Å². The number of nitrogens with zero attached hydrogens (tertiary/aromatic N) is 1. The van der Waals surface area contributed by atoms with Gasteiger partial charge in [-0.2, -0.15) is 0 Å². The Bertz CT molecular complexity index is 1020. The van der Waals surface area contributed by atoms with Crippen LogP contribution in [0.1, 0.15) is 27.3 Å². The fourth-order valence-corrected chi connectivity index (χ4v) is 3.41. The fourth-order valence-electron chi connectivity index (χ4n) is 3.41. The van der Waals surface area contributed by atoms with Gasteiger partial charge in [0.2, 0.25) is 0 Å². The standard InChI is InChI=1S/C23H26N2O4/c1-15-11-16(2)25(14-17-7-6-8-19(12-17)27-3)22(15)23(26)24-18-9-10-20(28-4)21(13-18)29-5/h6-13H,14H2,1-5H3,(H,24,26). The average molecular weight is 394 g/mol. The first-order valence-corrected chi connectivity index (χ1v) is 9.29. The van der Waals surface area contributed by atoms with Crippen LogP contribution in [0.15, 0.2) is 48.5 Å². The lowest BCUT2D eigenvalue weighted by atomic mass is 10.2. The van der Waals surface area contributed by atoms with Crippen LogP contribution < -0.4 is 19.5 Å². The number of amides is 1. The number of aryl methyl sites for hydroxylation is 2. The van der Waals surface area contributed by atoms with Crippen LogP contribution >= 0.6 is 0 Å². The molecule has 0 unspecified atom stereocenters. The number of hydrogen-bond acceptors (Lipinski definition) is 4. The summed E-state index contributed by atoms with van der Waals surface area (Å²) in [5, 5.41) is 2.97. The van der Waals surface area contributed by atoms with Crippen LogP contribution in [0.4, 0.5) is 5.69 Å². The van der Waals surface area contributed by atoms with Crippen molar-refractivity contribution >= 4 is 11.6 Å². The van der Waals surface area contributed by atoms with Crippen molar-refractivity contribution in [2.75, 3.05) is 26.6 Å². The molecule has 0 saturated carbocycles. The van der Waals surface area contributed by atoms with Crippen molar-refractivity contribution in [3.05, 3.63) is 71.0 Å². The van der Waals surface area contributed by atoms with Crippen LogP contribution in [0.5, 0.6) is 17.2 Å². The van der Waals surface area contributed by atoms with Crippen LogP contribution in [-0.2, 0) is 6.54 Å². The molecule has 0 atom stereocenters. The predicted octanol–water partition coefficient (Wildman–Crippen LogP) is 4.43. The molecule has 0 spiro atoms. The van der Waals surface area contributed by atoms with E-state index in [9.17, 15) is 4.79 Å². The molecule has 0 aliphatic rings. The molecule has 1 heterocycles. The zero-order valence-electron chi connectivity index (χ0n) is 17.4. The Balaban J connectivity index is 1.89. The molecule has 2 aromatic carbocycles. The molecule has 0 aliphatic heterocycles. The molecule has 0 aliphatic carbocycles. The summed E-state index contributed by atoms with van der Waals surface area (Å²) in [6.07, 6.45) is 0. The average Bonchev–Trinajstić information content (AvgIpc) is 3.00. The van der Waals surface area contributed by atoms with Crippen molar-refractivity contribution in [3.8, 4) is 17.2 Å². The van der Waals surface area contributed by atoms with Gasteiger partial charge in [-0.3, -0.25) is 4.79 Å². The van der Waals surface area contributed by atoms with Crippen LogP contribution in [0.2, 0.25) is 0 Å². The molecule has 3 rings (SSSR count). The van der Waals surface area contributed by atoms with Gasteiger partial charge in [0.1, 0.15) is 11.4 Å². The highest BCUT2D eigenvalue weighted by Gasteiger charge is 2.18. The van der Waals surface area contributed by atoms with E-state index < -0.39 is 0 Å². The van der Waals surface area contributed by atoms with Gasteiger partial charge < -0.3 is 24.1 Å². The van der Waals surface area contributed by atoms with Gasteiger partial charge in [-0.1, -0.05) is 12.1 Å². The Kier molecular flexibility index (Phi) is 6.12. The number of anilines is 1. The van der Waals surface area contributed by atoms with Crippen molar-refractivity contribution in [1.29, 1.82) is 0 Å². The number of rotatable bonds is 7. The summed E-state index contributed by atoms with van der Waals surface area (Å²) in [5.41, 5.74) is 4.26. The van der Waals surface area contributed by atoms with Crippen molar-refractivity contribution in [1.82, 2.24) is 4.57 Å². The molecule has 3 aromatic rings. The molecule has 1 amide bonds. The molecular weight excluding hydrogens is 368 g/mol. The predicted molar refractivity (Wildman–Crippen MR) is 114 cm³/mol. The Hall–Kier alpha value is -3.41. The normalized spacial score (nSPS) is 10.5. The lowest BCUT2D eigenvalue weighted by Gasteiger charge is -2.14. The summed E-state index contributed by atoms with van der Waals surface area (Å²) in [5.74, 6) is 1.79. The lowest BCUT2D eigenvalue weighted by molar-refractivity contribution is 0.101. The van der Waals surface area contributed by atoms with E-state index in [4.69, 9.17) is 14.2 Å². The van der Waals surface area contributed by atoms with Crippen LogP contribution in [0.25, 0.3) is 0 Å². The fraction of sp³-hybridized carbons (Fsp3) is 0.261. The summed E-state index contributed by atoms with van der Waals surface area (Å²) in [6.45, 7) is 4.52. The smallest absolute Gasteiger partial charge is 0.272 e. The highest BCUT2D eigenvalue weighted by Crippen LogP contribution is 2.30. The zero-order chi connectivity index (χ0) is 21.0. The number of ether oxygens (including phenoxy) is 3. The van der Waals surface area contributed by atoms with E-state index in [0.717, 1.165) is 22.6 Å². The molecule has 1 N–H and O–H groups in total. The third-order valence-electron chi connectivity index (χ3n) is 4.83. The third kappa shape index (κ3) is 4.37. The summed E-state index contributed by atoms with van der Waals surface area (Å²) < 4.78 is 17.9. The van der Waals surface area contributed by atoms with Gasteiger partial charge in [-0.25, -0.2) is 0 Å². The van der Waals surface area contributed by atoms with Crippen molar-refractivity contribution in [2.45, 2.75) is 20.4 Å². The first-order valence-electron chi connectivity index (χ1n) is 9.29. The van der Waals surface area contributed by atoms with E-state index in [1.54, 1.807) is 39.5 Å². The summed E-state index contributed by atoms with van der Waals surface area (Å²) in [6, 6.07) is 15.2. The lowest BCUT2D eigenvalue weighted by Crippen LogP contribution is -2.19. The SMILES string of the molecule is COc1cccc(Cn2c(C)cc(C)c2C(=O)Nc2ccc(OC)c(OC)c2)c1. The van der Waals surface area contributed by atoms with Gasteiger partial charge in [0.25, 0.3) is 5.91 Å². The number of carbonyl (C=O) groups excluding carboxylic acids is 1. The van der Waals surface area contributed by atoms with Crippen LogP contribution in [0.3, 0.4) is 0 Å². The Morgan fingerprint density at radius 3 is 2.38 bits per heavy atom. The second-order valence-corrected chi connectivity index (χ2v) is 6.78. The minimum Gasteiger partial charge on any atom is -0.497 e. The molecule has 0 saturated heterocycles. The quantitative estimate of drug-likeness (QED) is 0.644. The number of benzene rings is 2. The summed E-state index contributed by atoms with van der Waals surface area (Å²) in [4.78, 5) is 13.1. The second kappa shape index (κ2) is 8.73. The number of aromatic nitrogens is 1. The van der Waals surface area contributed by atoms with Crippen LogP contribution in [-0.4, -0.2) is 31.8 Å². The molecule has 6 heteroatoms. The Morgan fingerprint density at radius 1 is 0.931 bits per heavy atom. The molecule has 0 bridgehead atoms. The number of methoxy groups -OCH3 is 3. The molecular formula is C23H26N2O4. The zero-order valence-corrected chi connectivity index (χ0v) is 17.4. The van der Waals surface area contributed by atoms with E-state index >= 15 is 0 Å². The number of hydrogen-bond donors (Lipinski definition) is 1. The van der Waals surface area contributed by atoms with E-state index in [-0.39, 0.29) is 5.91 Å². The largest absolute Gasteiger partial charge is 0.497 e. The molecule has 1 aromatic heterocycles. The highest BCUT2D eigenvalue weighted by atomic mass is 16.5. The number of nitrogens with one attached hydrogen (secondary N) is 1. The Labute approximate surface area is 171 Å². The molecule has 152 valence electrons. The van der Waals surface area contributed by atoms with E-state index in [1.165, 1.54) is 0 Å². The molecule has 0 radical (unpaired) electrons. The Morgan fingerprint density at radius 2 is 1.69 bits per heavy atom. The van der Waals surface area contributed by atoms with Gasteiger partial charge in [-0.15, -0.1) is 0 Å². The topological polar surface area (TPSA) is 61.7 Å². The van der Waals surface area contributed by atoms with Crippen LogP contribution in [0, 0.1) is 13.8 Å². The van der Waals surface area contributed by atoms with Crippen molar-refractivity contribution in [2.24, 2.45) is 0 Å². The number of carbonyl (C=O) groups is 1. The van der Waals surface area contributed by atoms with Crippen molar-refractivity contribution in [3.63, 3.8) is 0 Å². The van der Waals surface area contributed by atoms with Gasteiger partial charge in [-0.05, 0) is 55.3 Å². The van der Waals surface area contributed by atoms with Gasteiger partial charge in [0, 0.05) is 24.0 Å². The molecule has 6 nitrogen and oxygen atoms in total. The maximum Gasteiger partial charge on any atom is 0.272 e. The maximum atomic E-state index is 13.1. The molecule has 0 fully saturated rings. The highest BCUT2D eigenvalue weighted by molar-refractivity contribution is 6.04. The second-order valence-electron chi connectivity index (χ2n) is 6.78.